The molecule has 1 saturated heterocycles. The molecule has 1 aliphatic heterocycles. The van der Waals surface area contributed by atoms with Crippen LogP contribution in [0.25, 0.3) is 0 Å². The van der Waals surface area contributed by atoms with Gasteiger partial charge in [-0.2, -0.15) is 0 Å². The number of nitrogens with two attached hydrogens (primary N) is 1. The first-order chi connectivity index (χ1) is 8.31. The molecule has 17 heavy (non-hydrogen) atoms. The Morgan fingerprint density at radius 2 is 2.12 bits per heavy atom. The van der Waals surface area contributed by atoms with Crippen LogP contribution >= 0.6 is 0 Å². The summed E-state index contributed by atoms with van der Waals surface area (Å²) in [5.74, 6) is 0.998. The minimum absolute atomic E-state index is 0.695. The van der Waals surface area contributed by atoms with Gasteiger partial charge in [0.2, 0.25) is 0 Å². The second kappa shape index (κ2) is 3.49. The molecule has 0 radical (unpaired) electrons. The van der Waals surface area contributed by atoms with E-state index >= 15 is 0 Å². The van der Waals surface area contributed by atoms with Crippen LogP contribution in [0.15, 0.2) is 18.2 Å². The average Bonchev–Trinajstić information content (AvgIpc) is 3.01. The van der Waals surface area contributed by atoms with Crippen molar-refractivity contribution in [2.45, 2.75) is 44.2 Å². The van der Waals surface area contributed by atoms with E-state index in [1.54, 1.807) is 5.56 Å². The maximum atomic E-state index is 5.88. The summed E-state index contributed by atoms with van der Waals surface area (Å²) in [5, 5.41) is 0. The van der Waals surface area contributed by atoms with Gasteiger partial charge in [-0.15, -0.1) is 0 Å². The van der Waals surface area contributed by atoms with Gasteiger partial charge in [-0.25, -0.2) is 0 Å². The SMILES string of the molecule is Nc1ccc2c(c1)CCC2N1CC2CCC1C2. The first kappa shape index (κ1) is 9.95. The van der Waals surface area contributed by atoms with Crippen LogP contribution in [0.3, 0.4) is 0 Å². The van der Waals surface area contributed by atoms with Gasteiger partial charge in [0, 0.05) is 24.3 Å². The van der Waals surface area contributed by atoms with Crippen molar-refractivity contribution in [3.63, 3.8) is 0 Å². The fourth-order valence-corrected chi connectivity index (χ4v) is 4.30. The van der Waals surface area contributed by atoms with Crippen molar-refractivity contribution in [3.8, 4) is 0 Å². The van der Waals surface area contributed by atoms with Crippen LogP contribution in [0.1, 0.15) is 42.9 Å². The molecule has 2 N–H and O–H groups in total. The molecule has 3 atom stereocenters. The molecular weight excluding hydrogens is 208 g/mol. The highest BCUT2D eigenvalue weighted by Gasteiger charge is 2.42. The monoisotopic (exact) mass is 228 g/mol. The van der Waals surface area contributed by atoms with Crippen molar-refractivity contribution in [2.75, 3.05) is 12.3 Å². The molecule has 0 aromatic heterocycles. The Labute approximate surface area is 103 Å². The van der Waals surface area contributed by atoms with Gasteiger partial charge in [0.1, 0.15) is 0 Å². The van der Waals surface area contributed by atoms with Crippen molar-refractivity contribution in [1.82, 2.24) is 4.90 Å². The molecule has 3 aliphatic rings. The first-order valence-electron chi connectivity index (χ1n) is 6.95. The molecule has 3 unspecified atom stereocenters. The summed E-state index contributed by atoms with van der Waals surface area (Å²) in [7, 11) is 0. The highest BCUT2D eigenvalue weighted by Crippen LogP contribution is 2.46. The van der Waals surface area contributed by atoms with Gasteiger partial charge in [-0.05, 0) is 61.3 Å². The Bertz CT molecular complexity index is 454. The standard InChI is InChI=1S/C15H20N2/c16-12-3-5-14-11(8-12)2-6-15(14)17-9-10-1-4-13(17)7-10/h3,5,8,10,13,15H,1-2,4,6-7,9,16H2. The van der Waals surface area contributed by atoms with Gasteiger partial charge >= 0.3 is 0 Å². The molecule has 1 aromatic carbocycles. The summed E-state index contributed by atoms with van der Waals surface area (Å²) in [5.41, 5.74) is 9.86. The minimum Gasteiger partial charge on any atom is -0.399 e. The van der Waals surface area contributed by atoms with Crippen molar-refractivity contribution >= 4 is 5.69 Å². The van der Waals surface area contributed by atoms with Gasteiger partial charge < -0.3 is 5.73 Å². The lowest BCUT2D eigenvalue weighted by atomic mass is 10.0. The number of hydrogen-bond acceptors (Lipinski definition) is 2. The number of nitrogen functional groups attached to an aromatic ring is 1. The van der Waals surface area contributed by atoms with Crippen LogP contribution in [-0.4, -0.2) is 17.5 Å². The molecule has 90 valence electrons. The van der Waals surface area contributed by atoms with E-state index in [1.165, 1.54) is 44.2 Å². The maximum absolute atomic E-state index is 5.88. The highest BCUT2D eigenvalue weighted by atomic mass is 15.2. The summed E-state index contributed by atoms with van der Waals surface area (Å²) < 4.78 is 0. The Morgan fingerprint density at radius 3 is 2.88 bits per heavy atom. The molecule has 1 heterocycles. The Hall–Kier alpha value is -1.02. The lowest BCUT2D eigenvalue weighted by Gasteiger charge is -2.33. The lowest BCUT2D eigenvalue weighted by Crippen LogP contribution is -2.34. The third kappa shape index (κ3) is 1.43. The van der Waals surface area contributed by atoms with E-state index in [2.05, 4.69) is 23.1 Å². The molecule has 0 spiro atoms. The number of rotatable bonds is 1. The van der Waals surface area contributed by atoms with E-state index in [1.807, 2.05) is 0 Å². The molecule has 0 amide bonds. The summed E-state index contributed by atoms with van der Waals surface area (Å²) in [6.07, 6.45) is 6.90. The Balaban J connectivity index is 1.66. The number of hydrogen-bond donors (Lipinski definition) is 1. The number of nitrogens with zero attached hydrogens (tertiary/aromatic N) is 1. The number of aryl methyl sites for hydroxylation is 1. The van der Waals surface area contributed by atoms with Gasteiger partial charge in [0.15, 0.2) is 0 Å². The smallest absolute Gasteiger partial charge is 0.0357 e. The largest absolute Gasteiger partial charge is 0.399 e. The summed E-state index contributed by atoms with van der Waals surface area (Å²) in [6, 6.07) is 8.11. The third-order valence-electron chi connectivity index (χ3n) is 5.07. The number of likely N-dealkylation sites (tertiary alicyclic amines) is 1. The van der Waals surface area contributed by atoms with E-state index in [0.29, 0.717) is 6.04 Å². The predicted molar refractivity (Wildman–Crippen MR) is 69.8 cm³/mol. The topological polar surface area (TPSA) is 29.3 Å². The van der Waals surface area contributed by atoms with Crippen LogP contribution in [0.2, 0.25) is 0 Å². The molecule has 1 saturated carbocycles. The normalized spacial score (nSPS) is 35.4. The Morgan fingerprint density at radius 1 is 1.18 bits per heavy atom. The maximum Gasteiger partial charge on any atom is 0.0357 e. The van der Waals surface area contributed by atoms with Crippen LogP contribution in [0.5, 0.6) is 0 Å². The van der Waals surface area contributed by atoms with Gasteiger partial charge in [-0.1, -0.05) is 6.07 Å². The molecule has 2 aliphatic carbocycles. The zero-order chi connectivity index (χ0) is 11.4. The second-order valence-corrected chi connectivity index (χ2v) is 6.04. The highest BCUT2D eigenvalue weighted by molar-refractivity contribution is 5.47. The number of benzene rings is 1. The quantitative estimate of drug-likeness (QED) is 0.749. The minimum atomic E-state index is 0.695. The Kier molecular flexibility index (Phi) is 2.04. The van der Waals surface area contributed by atoms with Gasteiger partial charge in [0.25, 0.3) is 0 Å². The molecule has 2 heteroatoms. The van der Waals surface area contributed by atoms with E-state index in [0.717, 1.165) is 17.6 Å². The van der Waals surface area contributed by atoms with Crippen molar-refractivity contribution in [1.29, 1.82) is 0 Å². The predicted octanol–water partition coefficient (Wildman–Crippen LogP) is 2.74. The molecule has 2 fully saturated rings. The fraction of sp³-hybridized carbons (Fsp3) is 0.600. The van der Waals surface area contributed by atoms with Crippen molar-refractivity contribution in [3.05, 3.63) is 29.3 Å². The van der Waals surface area contributed by atoms with Crippen LogP contribution in [0.4, 0.5) is 5.69 Å². The number of piperidine rings is 1. The molecule has 2 nitrogen and oxygen atoms in total. The van der Waals surface area contributed by atoms with Gasteiger partial charge in [0.05, 0.1) is 0 Å². The summed E-state index contributed by atoms with van der Waals surface area (Å²) in [4.78, 5) is 2.79. The summed E-state index contributed by atoms with van der Waals surface area (Å²) >= 11 is 0. The zero-order valence-electron chi connectivity index (χ0n) is 10.2. The van der Waals surface area contributed by atoms with Crippen molar-refractivity contribution in [2.24, 2.45) is 5.92 Å². The zero-order valence-corrected chi connectivity index (χ0v) is 10.2. The van der Waals surface area contributed by atoms with E-state index < -0.39 is 0 Å². The van der Waals surface area contributed by atoms with Crippen LogP contribution in [0, 0.1) is 5.92 Å². The number of anilines is 1. The molecule has 4 rings (SSSR count). The van der Waals surface area contributed by atoms with E-state index in [-0.39, 0.29) is 0 Å². The third-order valence-corrected chi connectivity index (χ3v) is 5.07. The lowest BCUT2D eigenvalue weighted by molar-refractivity contribution is 0.149. The fourth-order valence-electron chi connectivity index (χ4n) is 4.30. The van der Waals surface area contributed by atoms with E-state index in [9.17, 15) is 0 Å². The first-order valence-corrected chi connectivity index (χ1v) is 6.95. The molecule has 1 aromatic rings. The van der Waals surface area contributed by atoms with Crippen molar-refractivity contribution < 1.29 is 0 Å². The van der Waals surface area contributed by atoms with Crippen LogP contribution < -0.4 is 5.73 Å². The van der Waals surface area contributed by atoms with Gasteiger partial charge in [-0.3, -0.25) is 4.90 Å². The molecule has 2 bridgehead atoms. The number of fused-ring (bicyclic) bond motifs is 3. The summed E-state index contributed by atoms with van der Waals surface area (Å²) in [6.45, 7) is 1.35. The average molecular weight is 228 g/mol. The molecular formula is C15H20N2. The van der Waals surface area contributed by atoms with E-state index in [4.69, 9.17) is 5.73 Å². The second-order valence-electron chi connectivity index (χ2n) is 6.04. The van der Waals surface area contributed by atoms with Crippen LogP contribution in [-0.2, 0) is 6.42 Å².